The van der Waals surface area contributed by atoms with E-state index in [1.807, 2.05) is 72.8 Å². The van der Waals surface area contributed by atoms with Crippen LogP contribution in [0.25, 0.3) is 22.1 Å². The fourth-order valence-corrected chi connectivity index (χ4v) is 8.33. The van der Waals surface area contributed by atoms with E-state index in [1.54, 1.807) is 9.80 Å². The molecule has 2 aliphatic rings. The van der Waals surface area contributed by atoms with Crippen molar-refractivity contribution < 1.29 is 28.7 Å². The first kappa shape index (κ1) is 39.8. The number of allylic oxidation sites excluding steroid dienone is 2. The molecule has 308 valence electrons. The molecule has 2 aliphatic heterocycles. The fourth-order valence-electron chi connectivity index (χ4n) is 8.33. The summed E-state index contributed by atoms with van der Waals surface area (Å²) in [5.41, 5.74) is 7.06. The van der Waals surface area contributed by atoms with Gasteiger partial charge in [0.05, 0.1) is 48.4 Å². The van der Waals surface area contributed by atoms with Gasteiger partial charge in [0.1, 0.15) is 23.7 Å². The van der Waals surface area contributed by atoms with E-state index in [1.165, 1.54) is 14.2 Å². The summed E-state index contributed by atoms with van der Waals surface area (Å²) in [7, 11) is 2.57. The molecule has 2 aromatic heterocycles. The number of methoxy groups -OCH3 is 2. The van der Waals surface area contributed by atoms with Crippen LogP contribution in [0, 0.1) is 0 Å². The Hall–Kier alpha value is -6.96. The number of hydrogen-bond donors (Lipinski definition) is 4. The van der Waals surface area contributed by atoms with Crippen LogP contribution >= 0.6 is 0 Å². The number of imidazole rings is 2. The van der Waals surface area contributed by atoms with Gasteiger partial charge >= 0.3 is 12.2 Å². The van der Waals surface area contributed by atoms with E-state index in [0.29, 0.717) is 24.2 Å². The van der Waals surface area contributed by atoms with Crippen LogP contribution in [-0.4, -0.2) is 81.0 Å². The van der Waals surface area contributed by atoms with Crippen LogP contribution in [0.2, 0.25) is 0 Å². The lowest BCUT2D eigenvalue weighted by Crippen LogP contribution is -2.42. The second-order valence-electron chi connectivity index (χ2n) is 15.2. The highest BCUT2D eigenvalue weighted by atomic mass is 16.5. The molecule has 0 aliphatic carbocycles. The largest absolute Gasteiger partial charge is 0.453 e. The number of amides is 4. The van der Waals surface area contributed by atoms with Crippen molar-refractivity contribution >= 4 is 46.1 Å². The van der Waals surface area contributed by atoms with Gasteiger partial charge in [-0.2, -0.15) is 0 Å². The van der Waals surface area contributed by atoms with Gasteiger partial charge in [0.25, 0.3) is 11.8 Å². The molecule has 4 aromatic carbocycles. The van der Waals surface area contributed by atoms with Crippen LogP contribution in [0.1, 0.15) is 83.8 Å². The normalized spacial score (nSPS) is 17.6. The van der Waals surface area contributed by atoms with Gasteiger partial charge in [0.2, 0.25) is 0 Å². The Kier molecular flexibility index (Phi) is 11.9. The number of alkyl carbamates (subject to hydrolysis) is 2. The minimum Gasteiger partial charge on any atom is -0.453 e. The molecular formula is C46H48N8O6. The van der Waals surface area contributed by atoms with E-state index in [4.69, 9.17) is 19.4 Å². The highest BCUT2D eigenvalue weighted by Gasteiger charge is 2.38. The molecule has 14 heteroatoms. The number of nitrogens with one attached hydrogen (secondary N) is 4. The molecule has 4 heterocycles. The molecule has 2 fully saturated rings. The van der Waals surface area contributed by atoms with Crippen molar-refractivity contribution in [1.82, 2.24) is 40.4 Å². The highest BCUT2D eigenvalue weighted by molar-refractivity contribution is 5.88. The summed E-state index contributed by atoms with van der Waals surface area (Å²) < 4.78 is 9.67. The lowest BCUT2D eigenvalue weighted by molar-refractivity contribution is -0.135. The first-order valence-electron chi connectivity index (χ1n) is 20.3. The Bertz CT molecular complexity index is 2340. The number of nitrogens with zero attached hydrogens (tertiary/aromatic N) is 4. The summed E-state index contributed by atoms with van der Waals surface area (Å²) in [4.78, 5) is 72.7. The number of aromatic nitrogens is 4. The molecule has 2 saturated heterocycles. The average molecular weight is 809 g/mol. The molecule has 14 nitrogen and oxygen atoms in total. The lowest BCUT2D eigenvalue weighted by atomic mass is 10.1. The van der Waals surface area contributed by atoms with Gasteiger partial charge in [0, 0.05) is 13.1 Å². The van der Waals surface area contributed by atoms with Crippen molar-refractivity contribution in [2.45, 2.75) is 62.7 Å². The summed E-state index contributed by atoms with van der Waals surface area (Å²) in [5.74, 6) is 1.04. The Labute approximate surface area is 347 Å². The smallest absolute Gasteiger partial charge is 0.407 e. The van der Waals surface area contributed by atoms with E-state index in [0.717, 1.165) is 83.4 Å². The monoisotopic (exact) mass is 808 g/mol. The minimum atomic E-state index is -0.876. The van der Waals surface area contributed by atoms with Crippen molar-refractivity contribution in [3.8, 4) is 0 Å². The molecule has 0 radical (unpaired) electrons. The van der Waals surface area contributed by atoms with Crippen molar-refractivity contribution in [1.29, 1.82) is 0 Å². The van der Waals surface area contributed by atoms with Crippen molar-refractivity contribution in [2.75, 3.05) is 27.3 Å². The third-order valence-corrected chi connectivity index (χ3v) is 11.4. The molecule has 6 aromatic rings. The van der Waals surface area contributed by atoms with E-state index in [2.05, 4.69) is 57.0 Å². The van der Waals surface area contributed by atoms with E-state index in [-0.39, 0.29) is 23.9 Å². The first-order valence-corrected chi connectivity index (χ1v) is 20.3. The zero-order valence-corrected chi connectivity index (χ0v) is 33.6. The number of hydrogen-bond acceptors (Lipinski definition) is 8. The molecule has 0 spiro atoms. The molecule has 8 rings (SSSR count). The second-order valence-corrected chi connectivity index (χ2v) is 15.2. The summed E-state index contributed by atoms with van der Waals surface area (Å²) in [6.07, 6.45) is 7.58. The number of rotatable bonds is 12. The first-order chi connectivity index (χ1) is 29.3. The third kappa shape index (κ3) is 8.58. The molecule has 0 unspecified atom stereocenters. The number of carbonyl (C=O) groups excluding carboxylic acids is 4. The maximum atomic E-state index is 13.9. The van der Waals surface area contributed by atoms with Gasteiger partial charge in [-0.15, -0.1) is 0 Å². The summed E-state index contributed by atoms with van der Waals surface area (Å²) in [6.45, 7) is 1.12. The zero-order chi connectivity index (χ0) is 41.6. The maximum absolute atomic E-state index is 13.9. The topological polar surface area (TPSA) is 175 Å². The van der Waals surface area contributed by atoms with Crippen molar-refractivity contribution in [3.63, 3.8) is 0 Å². The number of ether oxygens (including phenoxy) is 2. The number of aromatic amines is 2. The molecule has 60 heavy (non-hydrogen) atoms. The van der Waals surface area contributed by atoms with Crippen molar-refractivity contribution in [3.05, 3.63) is 143 Å². The summed E-state index contributed by atoms with van der Waals surface area (Å²) in [6, 6.07) is 28.5. The quantitative estimate of drug-likeness (QED) is 0.0932. The predicted molar refractivity (Wildman–Crippen MR) is 226 cm³/mol. The predicted octanol–water partition coefficient (Wildman–Crippen LogP) is 7.30. The Morgan fingerprint density at radius 2 is 1.07 bits per heavy atom. The summed E-state index contributed by atoms with van der Waals surface area (Å²) in [5, 5.41) is 5.44. The maximum Gasteiger partial charge on any atom is 0.407 e. The summed E-state index contributed by atoms with van der Waals surface area (Å²) >= 11 is 0. The molecule has 4 atom stereocenters. The van der Waals surface area contributed by atoms with Crippen LogP contribution < -0.4 is 10.6 Å². The SMILES string of the molecule is COC(=O)N[C@@H](C(=O)N1CCC[C@H]1c1nc2cc(CC=CCc3ccc4[nH]c([C@@H]5CCCN5C(=O)[C@H](NC(=O)OC)c5ccccc5)nc4c3)ccc2[nH]1)c1ccccc1. The Morgan fingerprint density at radius 1 is 0.650 bits per heavy atom. The highest BCUT2D eigenvalue weighted by Crippen LogP contribution is 2.36. The van der Waals surface area contributed by atoms with Crippen LogP contribution in [0.3, 0.4) is 0 Å². The average Bonchev–Trinajstić information content (AvgIpc) is 4.12. The minimum absolute atomic E-state index is 0.205. The van der Waals surface area contributed by atoms with Crippen LogP contribution in [0.5, 0.6) is 0 Å². The Morgan fingerprint density at radius 3 is 1.47 bits per heavy atom. The van der Waals surface area contributed by atoms with Gasteiger partial charge in [0.15, 0.2) is 0 Å². The van der Waals surface area contributed by atoms with Crippen LogP contribution in [0.15, 0.2) is 109 Å². The van der Waals surface area contributed by atoms with E-state index >= 15 is 0 Å². The van der Waals surface area contributed by atoms with Gasteiger partial charge in [-0.1, -0.05) is 84.9 Å². The van der Waals surface area contributed by atoms with E-state index in [9.17, 15) is 19.2 Å². The second kappa shape index (κ2) is 17.9. The van der Waals surface area contributed by atoms with Gasteiger partial charge in [-0.3, -0.25) is 9.59 Å². The van der Waals surface area contributed by atoms with E-state index < -0.39 is 24.3 Å². The van der Waals surface area contributed by atoms with Crippen LogP contribution in [0.4, 0.5) is 9.59 Å². The van der Waals surface area contributed by atoms with Crippen LogP contribution in [-0.2, 0) is 31.9 Å². The zero-order valence-electron chi connectivity index (χ0n) is 33.6. The number of fused-ring (bicyclic) bond motifs is 2. The number of benzene rings is 4. The third-order valence-electron chi connectivity index (χ3n) is 11.4. The fraction of sp³-hybridized carbons (Fsp3) is 0.304. The van der Waals surface area contributed by atoms with Gasteiger partial charge < -0.3 is 39.9 Å². The molecule has 0 bridgehead atoms. The molecular weight excluding hydrogens is 761 g/mol. The Balaban J connectivity index is 0.909. The number of likely N-dealkylation sites (tertiary alicyclic amines) is 2. The molecule has 4 N–H and O–H groups in total. The van der Waals surface area contributed by atoms with Gasteiger partial charge in [-0.25, -0.2) is 19.6 Å². The number of H-pyrrole nitrogens is 2. The van der Waals surface area contributed by atoms with Gasteiger partial charge in [-0.05, 0) is 85.0 Å². The number of carbonyl (C=O) groups is 4. The standard InChI is InChI=1S/C46H48N8O6/c1-59-45(57)51-39(31-15-5-3-6-16-31)43(55)53-25-11-19-37(53)41-47-33-23-21-29(27-35(33)49-41)13-9-10-14-30-22-24-34-36(28-30)50-42(48-34)38-20-12-26-54(38)44(56)40(52-46(58)60-2)32-17-7-4-8-18-32/h3-10,15-18,21-24,27-28,37-40H,11-14,19-20,25-26H2,1-2H3,(H,47,49)(H,48,50)(H,51,57)(H,52,58)/t37-,38-,39+,40+/m0/s1. The lowest BCUT2D eigenvalue weighted by Gasteiger charge is -2.28. The molecule has 4 amide bonds. The van der Waals surface area contributed by atoms with Crippen molar-refractivity contribution in [2.24, 2.45) is 0 Å². The molecule has 0 saturated carbocycles.